The molecule has 1 atom stereocenters. The fraction of sp³-hybridized carbons (Fsp3) is 0.312. The van der Waals surface area contributed by atoms with Gasteiger partial charge < -0.3 is 20.7 Å². The summed E-state index contributed by atoms with van der Waals surface area (Å²) in [7, 11) is 1.61. The molecule has 0 fully saturated rings. The highest BCUT2D eigenvalue weighted by Gasteiger charge is 2.20. The minimum absolute atomic E-state index is 0.0912. The molecule has 2 heterocycles. The lowest BCUT2D eigenvalue weighted by atomic mass is 10.1. The first-order chi connectivity index (χ1) is 10.9. The Labute approximate surface area is 133 Å². The molecule has 7 heteroatoms. The molecule has 0 aliphatic heterocycles. The van der Waals surface area contributed by atoms with Crippen molar-refractivity contribution in [2.45, 2.75) is 26.5 Å². The quantitative estimate of drug-likeness (QED) is 0.705. The number of fused-ring (bicyclic) bond motifs is 1. The lowest BCUT2D eigenvalue weighted by Gasteiger charge is -2.16. The van der Waals surface area contributed by atoms with Gasteiger partial charge in [-0.15, -0.1) is 0 Å². The van der Waals surface area contributed by atoms with Crippen molar-refractivity contribution in [3.63, 3.8) is 0 Å². The molecule has 0 radical (unpaired) electrons. The molecule has 0 saturated heterocycles. The van der Waals surface area contributed by atoms with Gasteiger partial charge in [-0.1, -0.05) is 5.92 Å². The summed E-state index contributed by atoms with van der Waals surface area (Å²) >= 11 is 0. The number of aliphatic hydroxyl groups excluding tert-OH is 1. The van der Waals surface area contributed by atoms with Gasteiger partial charge in [-0.2, -0.15) is 0 Å². The fourth-order valence-corrected chi connectivity index (χ4v) is 2.36. The highest BCUT2D eigenvalue weighted by atomic mass is 16.3. The molecule has 1 amide bonds. The highest BCUT2D eigenvalue weighted by Crippen LogP contribution is 2.19. The first-order valence-corrected chi connectivity index (χ1v) is 7.15. The molecule has 0 aliphatic rings. The van der Waals surface area contributed by atoms with Crippen LogP contribution in [0.4, 0.5) is 5.82 Å². The van der Waals surface area contributed by atoms with Gasteiger partial charge >= 0.3 is 0 Å². The number of aliphatic hydroxyl groups is 1. The topological polar surface area (TPSA) is 110 Å². The maximum Gasteiger partial charge on any atom is 0.256 e. The lowest BCUT2D eigenvalue weighted by Crippen LogP contribution is -2.27. The summed E-state index contributed by atoms with van der Waals surface area (Å²) in [6.07, 6.45) is -0.772. The van der Waals surface area contributed by atoms with Gasteiger partial charge in [-0.05, 0) is 31.9 Å². The van der Waals surface area contributed by atoms with Crippen molar-refractivity contribution in [1.82, 2.24) is 9.55 Å². The van der Waals surface area contributed by atoms with E-state index < -0.39 is 17.4 Å². The third-order valence-electron chi connectivity index (χ3n) is 3.32. The van der Waals surface area contributed by atoms with Gasteiger partial charge in [0.05, 0.1) is 5.39 Å². The molecule has 4 N–H and O–H groups in total. The van der Waals surface area contributed by atoms with E-state index in [2.05, 4.69) is 22.1 Å². The normalized spacial score (nSPS) is 11.7. The van der Waals surface area contributed by atoms with Crippen molar-refractivity contribution in [1.29, 1.82) is 0 Å². The Morgan fingerprint density at radius 1 is 1.52 bits per heavy atom. The van der Waals surface area contributed by atoms with Crippen molar-refractivity contribution < 1.29 is 9.90 Å². The number of aryl methyl sites for hydroxylation is 1. The van der Waals surface area contributed by atoms with Gasteiger partial charge in [0.1, 0.15) is 28.8 Å². The average Bonchev–Trinajstić information content (AvgIpc) is 2.51. The van der Waals surface area contributed by atoms with Crippen molar-refractivity contribution in [3.8, 4) is 11.8 Å². The van der Waals surface area contributed by atoms with Gasteiger partial charge in [-0.3, -0.25) is 9.59 Å². The zero-order chi connectivity index (χ0) is 17.1. The fourth-order valence-electron chi connectivity index (χ4n) is 2.36. The standard InChI is InChI=1S/C16H18N4O3/c1-4-20-15-11(8-7-10(19-15)6-5-9(2)21)13(22)12(14(17)23)16(20)18-3/h7-9,18,21H,4H2,1-3H3,(H2,17,23). The second-order valence-electron chi connectivity index (χ2n) is 4.92. The van der Waals surface area contributed by atoms with E-state index in [-0.39, 0.29) is 5.56 Å². The Kier molecular flexibility index (Phi) is 4.67. The van der Waals surface area contributed by atoms with Crippen LogP contribution in [0, 0.1) is 11.8 Å². The van der Waals surface area contributed by atoms with Gasteiger partial charge in [0.25, 0.3) is 5.91 Å². The number of rotatable bonds is 3. The Hall–Kier alpha value is -2.85. The number of nitrogens with two attached hydrogens (primary N) is 1. The summed E-state index contributed by atoms with van der Waals surface area (Å²) in [4.78, 5) is 28.6. The first kappa shape index (κ1) is 16.5. The number of nitrogens with zero attached hydrogens (tertiary/aromatic N) is 2. The molecule has 0 bridgehead atoms. The molecular formula is C16H18N4O3. The van der Waals surface area contributed by atoms with Crippen molar-refractivity contribution >= 4 is 22.8 Å². The number of aromatic nitrogens is 2. The number of carbonyl (C=O) groups is 1. The molecule has 0 aliphatic carbocycles. The van der Waals surface area contributed by atoms with Gasteiger partial charge in [0.2, 0.25) is 5.43 Å². The minimum Gasteiger partial charge on any atom is -0.381 e. The molecular weight excluding hydrogens is 296 g/mol. The number of carbonyl (C=O) groups excluding carboxylic acids is 1. The van der Waals surface area contributed by atoms with E-state index in [0.29, 0.717) is 29.1 Å². The van der Waals surface area contributed by atoms with E-state index >= 15 is 0 Å². The van der Waals surface area contributed by atoms with Crippen LogP contribution in [-0.4, -0.2) is 33.7 Å². The summed E-state index contributed by atoms with van der Waals surface area (Å²) < 4.78 is 1.70. The van der Waals surface area contributed by atoms with E-state index in [1.165, 1.54) is 0 Å². The van der Waals surface area contributed by atoms with E-state index in [1.807, 2.05) is 6.92 Å². The number of primary amides is 1. The second-order valence-corrected chi connectivity index (χ2v) is 4.92. The predicted molar refractivity (Wildman–Crippen MR) is 88.3 cm³/mol. The van der Waals surface area contributed by atoms with Gasteiger partial charge in [-0.25, -0.2) is 4.98 Å². The Balaban J connectivity index is 2.88. The largest absolute Gasteiger partial charge is 0.381 e. The van der Waals surface area contributed by atoms with E-state index in [9.17, 15) is 14.7 Å². The van der Waals surface area contributed by atoms with Crippen molar-refractivity contribution in [3.05, 3.63) is 33.6 Å². The van der Waals surface area contributed by atoms with E-state index in [0.717, 1.165) is 0 Å². The Morgan fingerprint density at radius 2 is 2.22 bits per heavy atom. The van der Waals surface area contributed by atoms with E-state index in [1.54, 1.807) is 30.7 Å². The summed E-state index contributed by atoms with van der Waals surface area (Å²) in [5, 5.41) is 12.4. The van der Waals surface area contributed by atoms with Crippen LogP contribution in [-0.2, 0) is 6.54 Å². The van der Waals surface area contributed by atoms with Crippen LogP contribution in [0.15, 0.2) is 16.9 Å². The monoisotopic (exact) mass is 314 g/mol. The summed E-state index contributed by atoms with van der Waals surface area (Å²) in [6.45, 7) is 3.90. The van der Waals surface area contributed by atoms with Gasteiger partial charge in [0, 0.05) is 13.6 Å². The van der Waals surface area contributed by atoms with E-state index in [4.69, 9.17) is 5.73 Å². The Morgan fingerprint density at radius 3 is 2.74 bits per heavy atom. The van der Waals surface area contributed by atoms with Crippen LogP contribution in [0.5, 0.6) is 0 Å². The zero-order valence-corrected chi connectivity index (χ0v) is 13.2. The minimum atomic E-state index is -0.790. The zero-order valence-electron chi connectivity index (χ0n) is 13.2. The van der Waals surface area contributed by atoms with Crippen LogP contribution in [0.1, 0.15) is 29.9 Å². The average molecular weight is 314 g/mol. The molecule has 0 saturated carbocycles. The summed E-state index contributed by atoms with van der Waals surface area (Å²) in [6, 6.07) is 3.14. The van der Waals surface area contributed by atoms with Crippen molar-refractivity contribution in [2.24, 2.45) is 5.73 Å². The number of pyridine rings is 2. The molecule has 7 nitrogen and oxygen atoms in total. The van der Waals surface area contributed by atoms with Crippen LogP contribution >= 0.6 is 0 Å². The van der Waals surface area contributed by atoms with Crippen LogP contribution < -0.4 is 16.5 Å². The van der Waals surface area contributed by atoms with Crippen LogP contribution in [0.3, 0.4) is 0 Å². The van der Waals surface area contributed by atoms with Crippen molar-refractivity contribution in [2.75, 3.05) is 12.4 Å². The Bertz CT molecular complexity index is 888. The predicted octanol–water partition coefficient (Wildman–Crippen LogP) is 0.289. The molecule has 2 aromatic heterocycles. The summed E-state index contributed by atoms with van der Waals surface area (Å²) in [5.41, 5.74) is 5.63. The highest BCUT2D eigenvalue weighted by molar-refractivity contribution is 6.01. The molecule has 1 unspecified atom stereocenters. The first-order valence-electron chi connectivity index (χ1n) is 7.15. The smallest absolute Gasteiger partial charge is 0.256 e. The van der Waals surface area contributed by atoms with Gasteiger partial charge in [0.15, 0.2) is 0 Å². The molecule has 23 heavy (non-hydrogen) atoms. The molecule has 2 aromatic rings. The molecule has 0 aromatic carbocycles. The summed E-state index contributed by atoms with van der Waals surface area (Å²) in [5.74, 6) is 4.88. The number of hydrogen-bond donors (Lipinski definition) is 3. The lowest BCUT2D eigenvalue weighted by molar-refractivity contribution is 0.0999. The third-order valence-corrected chi connectivity index (χ3v) is 3.32. The molecule has 120 valence electrons. The number of hydrogen-bond acceptors (Lipinski definition) is 5. The van der Waals surface area contributed by atoms with Crippen LogP contribution in [0.25, 0.3) is 11.0 Å². The molecule has 2 rings (SSSR count). The molecule has 0 spiro atoms. The SMILES string of the molecule is CCn1c(NC)c(C(N)=O)c(=O)c2ccc(C#CC(C)O)nc21. The second kappa shape index (κ2) is 6.50. The third kappa shape index (κ3) is 3.03. The maximum atomic E-state index is 12.5. The number of anilines is 1. The number of nitrogens with one attached hydrogen (secondary N) is 1. The number of amides is 1. The van der Waals surface area contributed by atoms with Crippen LogP contribution in [0.2, 0.25) is 0 Å². The maximum absolute atomic E-state index is 12.5.